The molecule has 1 fully saturated rings. The summed E-state index contributed by atoms with van der Waals surface area (Å²) in [4.78, 5) is 0. The Labute approximate surface area is 94.0 Å². The highest BCUT2D eigenvalue weighted by Gasteiger charge is 2.15. The van der Waals surface area contributed by atoms with E-state index >= 15 is 0 Å². The average molecular weight is 219 g/mol. The zero-order valence-electron chi connectivity index (χ0n) is 8.85. The predicted molar refractivity (Wildman–Crippen MR) is 57.0 cm³/mol. The molecule has 1 heterocycles. The van der Waals surface area contributed by atoms with Crippen molar-refractivity contribution >= 4 is 0 Å². The Bertz CT molecular complexity index is 405. The second-order valence-corrected chi connectivity index (χ2v) is 3.70. The normalized spacial score (nSPS) is 20.1. The molecule has 1 atom stereocenters. The van der Waals surface area contributed by atoms with Gasteiger partial charge < -0.3 is 14.6 Å². The Kier molecular flexibility index (Phi) is 3.28. The summed E-state index contributed by atoms with van der Waals surface area (Å²) in [5.74, 6) is 0.528. The van der Waals surface area contributed by atoms with Crippen LogP contribution in [0.4, 0.5) is 0 Å². The van der Waals surface area contributed by atoms with E-state index in [2.05, 4.69) is 0 Å². The fourth-order valence-corrected chi connectivity index (χ4v) is 1.63. The molecular weight excluding hydrogens is 206 g/mol. The lowest BCUT2D eigenvalue weighted by Gasteiger charge is -2.23. The lowest BCUT2D eigenvalue weighted by Crippen LogP contribution is -2.24. The van der Waals surface area contributed by atoms with E-state index in [1.807, 2.05) is 6.07 Å². The first kappa shape index (κ1) is 10.8. The molecule has 1 aromatic rings. The summed E-state index contributed by atoms with van der Waals surface area (Å²) in [7, 11) is 0. The Morgan fingerprint density at radius 3 is 3.00 bits per heavy atom. The Morgan fingerprint density at radius 1 is 1.44 bits per heavy atom. The van der Waals surface area contributed by atoms with Gasteiger partial charge in [-0.2, -0.15) is 5.26 Å². The van der Waals surface area contributed by atoms with E-state index in [9.17, 15) is 5.11 Å². The maximum atomic E-state index is 9.33. The van der Waals surface area contributed by atoms with Gasteiger partial charge in [0.2, 0.25) is 0 Å². The zero-order valence-corrected chi connectivity index (χ0v) is 8.85. The highest BCUT2D eigenvalue weighted by Crippen LogP contribution is 2.24. The molecule has 1 aromatic carbocycles. The Morgan fingerprint density at radius 2 is 2.31 bits per heavy atom. The number of nitriles is 1. The van der Waals surface area contributed by atoms with Crippen molar-refractivity contribution in [1.82, 2.24) is 0 Å². The summed E-state index contributed by atoms with van der Waals surface area (Å²) in [6.07, 6.45) is 2.79. The molecule has 1 aliphatic rings. The molecule has 0 aliphatic carbocycles. The molecule has 1 saturated heterocycles. The van der Waals surface area contributed by atoms with Gasteiger partial charge >= 0.3 is 0 Å². The third kappa shape index (κ3) is 2.44. The number of hydrogen-bond acceptors (Lipinski definition) is 4. The SMILES string of the molecule is N#Cc1cc(O[C@@H]2CCCCO2)ccc1O. The first-order valence-corrected chi connectivity index (χ1v) is 5.31. The minimum Gasteiger partial charge on any atom is -0.507 e. The van der Waals surface area contributed by atoms with Crippen molar-refractivity contribution in [2.24, 2.45) is 0 Å². The van der Waals surface area contributed by atoms with Crippen LogP contribution in [-0.2, 0) is 4.74 Å². The van der Waals surface area contributed by atoms with Crippen molar-refractivity contribution in [3.05, 3.63) is 23.8 Å². The predicted octanol–water partition coefficient (Wildman–Crippen LogP) is 2.17. The number of nitrogens with zero attached hydrogens (tertiary/aromatic N) is 1. The first-order valence-electron chi connectivity index (χ1n) is 5.31. The van der Waals surface area contributed by atoms with Crippen molar-refractivity contribution in [3.63, 3.8) is 0 Å². The molecule has 2 rings (SSSR count). The van der Waals surface area contributed by atoms with Crippen LogP contribution in [-0.4, -0.2) is 18.0 Å². The summed E-state index contributed by atoms with van der Waals surface area (Å²) in [6.45, 7) is 0.716. The van der Waals surface area contributed by atoms with Gasteiger partial charge in [0.15, 0.2) is 6.29 Å². The number of rotatable bonds is 2. The molecule has 0 radical (unpaired) electrons. The van der Waals surface area contributed by atoms with E-state index in [0.717, 1.165) is 19.3 Å². The first-order chi connectivity index (χ1) is 7.79. The van der Waals surface area contributed by atoms with Crippen molar-refractivity contribution in [2.75, 3.05) is 6.61 Å². The van der Waals surface area contributed by atoms with E-state index in [4.69, 9.17) is 14.7 Å². The second kappa shape index (κ2) is 4.86. The maximum absolute atomic E-state index is 9.33. The van der Waals surface area contributed by atoms with Gasteiger partial charge in [0.1, 0.15) is 17.6 Å². The van der Waals surface area contributed by atoms with Crippen LogP contribution < -0.4 is 4.74 Å². The molecule has 0 bridgehead atoms. The van der Waals surface area contributed by atoms with Gasteiger partial charge in [-0.15, -0.1) is 0 Å². The molecule has 4 nitrogen and oxygen atoms in total. The zero-order chi connectivity index (χ0) is 11.4. The number of phenols is 1. The molecule has 0 aromatic heterocycles. The smallest absolute Gasteiger partial charge is 0.199 e. The largest absolute Gasteiger partial charge is 0.507 e. The van der Waals surface area contributed by atoms with Crippen molar-refractivity contribution < 1.29 is 14.6 Å². The maximum Gasteiger partial charge on any atom is 0.199 e. The van der Waals surface area contributed by atoms with Gasteiger partial charge in [-0.25, -0.2) is 0 Å². The molecule has 1 N–H and O–H groups in total. The summed E-state index contributed by atoms with van der Waals surface area (Å²) >= 11 is 0. The van der Waals surface area contributed by atoms with E-state index in [1.54, 1.807) is 6.07 Å². The average Bonchev–Trinajstić information content (AvgIpc) is 2.33. The van der Waals surface area contributed by atoms with Gasteiger partial charge in [0, 0.05) is 12.5 Å². The minimum atomic E-state index is -0.232. The molecular formula is C12H13NO3. The topological polar surface area (TPSA) is 62.5 Å². The number of ether oxygens (including phenoxy) is 2. The molecule has 84 valence electrons. The van der Waals surface area contributed by atoms with Gasteiger partial charge in [-0.3, -0.25) is 0 Å². The Hall–Kier alpha value is -1.73. The van der Waals surface area contributed by atoms with Gasteiger partial charge in [0.05, 0.1) is 12.2 Å². The number of aromatic hydroxyl groups is 1. The molecule has 4 heteroatoms. The van der Waals surface area contributed by atoms with Crippen LogP contribution in [0.5, 0.6) is 11.5 Å². The van der Waals surface area contributed by atoms with Crippen LogP contribution in [0.1, 0.15) is 24.8 Å². The van der Waals surface area contributed by atoms with Crippen LogP contribution in [0.2, 0.25) is 0 Å². The summed E-state index contributed by atoms with van der Waals surface area (Å²) in [6, 6.07) is 6.51. The quantitative estimate of drug-likeness (QED) is 0.828. The number of hydrogen-bond donors (Lipinski definition) is 1. The summed E-state index contributed by atoms with van der Waals surface area (Å²) in [5.41, 5.74) is 0.216. The van der Waals surface area contributed by atoms with Crippen LogP contribution in [0.15, 0.2) is 18.2 Å². The molecule has 16 heavy (non-hydrogen) atoms. The minimum absolute atomic E-state index is 0.0283. The molecule has 0 saturated carbocycles. The van der Waals surface area contributed by atoms with Gasteiger partial charge in [0.25, 0.3) is 0 Å². The molecule has 0 unspecified atom stereocenters. The van der Waals surface area contributed by atoms with Crippen molar-refractivity contribution in [1.29, 1.82) is 5.26 Å². The standard InChI is InChI=1S/C12H13NO3/c13-8-9-7-10(4-5-11(9)14)16-12-3-1-2-6-15-12/h4-5,7,12,14H,1-3,6H2/t12-/m1/s1. The fraction of sp³-hybridized carbons (Fsp3) is 0.417. The van der Waals surface area contributed by atoms with Crippen molar-refractivity contribution in [2.45, 2.75) is 25.6 Å². The summed E-state index contributed by atoms with van der Waals surface area (Å²) in [5, 5.41) is 18.1. The van der Waals surface area contributed by atoms with Crippen LogP contribution >= 0.6 is 0 Å². The third-order valence-corrected chi connectivity index (χ3v) is 2.49. The monoisotopic (exact) mass is 219 g/mol. The highest BCUT2D eigenvalue weighted by atomic mass is 16.7. The number of phenolic OH excluding ortho intramolecular Hbond substituents is 1. The van der Waals surface area contributed by atoms with E-state index in [0.29, 0.717) is 12.4 Å². The second-order valence-electron chi connectivity index (χ2n) is 3.70. The van der Waals surface area contributed by atoms with Gasteiger partial charge in [-0.1, -0.05) is 0 Å². The highest BCUT2D eigenvalue weighted by molar-refractivity contribution is 5.46. The third-order valence-electron chi connectivity index (χ3n) is 2.49. The van der Waals surface area contributed by atoms with E-state index in [1.165, 1.54) is 12.1 Å². The van der Waals surface area contributed by atoms with E-state index in [-0.39, 0.29) is 17.6 Å². The van der Waals surface area contributed by atoms with Crippen molar-refractivity contribution in [3.8, 4) is 17.6 Å². The molecule has 0 spiro atoms. The van der Waals surface area contributed by atoms with Crippen LogP contribution in [0.25, 0.3) is 0 Å². The van der Waals surface area contributed by atoms with Crippen LogP contribution in [0, 0.1) is 11.3 Å². The fourth-order valence-electron chi connectivity index (χ4n) is 1.63. The lowest BCUT2D eigenvalue weighted by atomic mass is 10.2. The number of benzene rings is 1. The Balaban J connectivity index is 2.06. The van der Waals surface area contributed by atoms with E-state index < -0.39 is 0 Å². The summed E-state index contributed by atoms with van der Waals surface area (Å²) < 4.78 is 11.0. The lowest BCUT2D eigenvalue weighted by molar-refractivity contribution is -0.105. The van der Waals surface area contributed by atoms with Crippen LogP contribution in [0.3, 0.4) is 0 Å². The molecule has 0 amide bonds. The molecule has 1 aliphatic heterocycles. The van der Waals surface area contributed by atoms with Gasteiger partial charge in [-0.05, 0) is 25.0 Å².